The molecule has 0 spiro atoms. The van der Waals surface area contributed by atoms with Crippen molar-refractivity contribution >= 4 is 17.6 Å². The fourth-order valence-corrected chi connectivity index (χ4v) is 1.26. The minimum atomic E-state index is -0.780. The average molecular weight is 205 g/mol. The molecule has 1 aromatic rings. The van der Waals surface area contributed by atoms with Crippen LogP contribution in [0.25, 0.3) is 0 Å². The molecule has 3 amide bonds. The van der Waals surface area contributed by atoms with Gasteiger partial charge in [0.1, 0.15) is 0 Å². The van der Waals surface area contributed by atoms with Crippen molar-refractivity contribution in [3.63, 3.8) is 0 Å². The fourth-order valence-electron chi connectivity index (χ4n) is 1.26. The van der Waals surface area contributed by atoms with Gasteiger partial charge in [-0.3, -0.25) is 4.79 Å². The number of urea groups is 1. The molecule has 0 aliphatic heterocycles. The number of rotatable bonds is 2. The van der Waals surface area contributed by atoms with Crippen molar-refractivity contribution in [1.82, 2.24) is 0 Å². The van der Waals surface area contributed by atoms with Crippen LogP contribution >= 0.6 is 0 Å². The Morgan fingerprint density at radius 1 is 1.40 bits per heavy atom. The summed E-state index contributed by atoms with van der Waals surface area (Å²) in [6.07, 6.45) is 0.220. The molecule has 0 aromatic heterocycles. The first-order valence-corrected chi connectivity index (χ1v) is 4.61. The number of carbonyl (C=O) groups excluding carboxylic acids is 2. The number of nitrogens with two attached hydrogens (primary N) is 1. The minimum Gasteiger partial charge on any atom is -0.351 e. The van der Waals surface area contributed by atoms with Crippen LogP contribution in [0.15, 0.2) is 24.3 Å². The van der Waals surface area contributed by atoms with Gasteiger partial charge in [0.2, 0.25) is 5.91 Å². The van der Waals surface area contributed by atoms with Gasteiger partial charge in [-0.1, -0.05) is 25.1 Å². The number of amides is 3. The third-order valence-corrected chi connectivity index (χ3v) is 2.00. The highest BCUT2D eigenvalue weighted by molar-refractivity contribution is 6.14. The van der Waals surface area contributed by atoms with Gasteiger partial charge in [0.05, 0.1) is 5.69 Å². The Labute approximate surface area is 88.7 Å². The lowest BCUT2D eigenvalue weighted by Crippen LogP contribution is -2.40. The predicted octanol–water partition coefficient (Wildman–Crippen LogP) is 1.69. The maximum absolute atomic E-state index is 11.5. The standard InChI is InChI=1S/C11H13N2O2/c1-3-10(14)13(11(12)15)9-7-5-4-6-8(9)2/h4-7H,2-3H2,1H3,(H2,12,15). The van der Waals surface area contributed by atoms with E-state index in [9.17, 15) is 9.59 Å². The first-order valence-electron chi connectivity index (χ1n) is 4.61. The van der Waals surface area contributed by atoms with E-state index in [1.807, 2.05) is 0 Å². The third-order valence-electron chi connectivity index (χ3n) is 2.00. The van der Waals surface area contributed by atoms with Gasteiger partial charge < -0.3 is 5.73 Å². The summed E-state index contributed by atoms with van der Waals surface area (Å²) in [4.78, 5) is 23.6. The largest absolute Gasteiger partial charge is 0.351 e. The van der Waals surface area contributed by atoms with Crippen molar-refractivity contribution in [2.24, 2.45) is 5.73 Å². The molecule has 1 aromatic carbocycles. The Morgan fingerprint density at radius 2 is 2.00 bits per heavy atom. The lowest BCUT2D eigenvalue weighted by molar-refractivity contribution is -0.117. The SMILES string of the molecule is [CH2]c1ccccc1N(C(N)=O)C(=O)CC. The van der Waals surface area contributed by atoms with Crippen LogP contribution in [0.1, 0.15) is 18.9 Å². The van der Waals surface area contributed by atoms with Crippen LogP contribution in [0.3, 0.4) is 0 Å². The van der Waals surface area contributed by atoms with Crippen molar-refractivity contribution in [3.05, 3.63) is 36.8 Å². The zero-order valence-corrected chi connectivity index (χ0v) is 8.56. The predicted molar refractivity (Wildman–Crippen MR) is 58.3 cm³/mol. The number of hydrogen-bond donors (Lipinski definition) is 1. The van der Waals surface area contributed by atoms with Crippen molar-refractivity contribution in [2.45, 2.75) is 13.3 Å². The Kier molecular flexibility index (Phi) is 3.44. The van der Waals surface area contributed by atoms with E-state index >= 15 is 0 Å². The number of para-hydroxylation sites is 1. The highest BCUT2D eigenvalue weighted by Crippen LogP contribution is 2.19. The van der Waals surface area contributed by atoms with Gasteiger partial charge in [-0.15, -0.1) is 0 Å². The average Bonchev–Trinajstić information content (AvgIpc) is 2.20. The van der Waals surface area contributed by atoms with Crippen molar-refractivity contribution in [3.8, 4) is 0 Å². The van der Waals surface area contributed by atoms with Gasteiger partial charge in [-0.05, 0) is 18.6 Å². The van der Waals surface area contributed by atoms with Crippen molar-refractivity contribution in [2.75, 3.05) is 4.90 Å². The molecule has 0 saturated carbocycles. The molecule has 0 saturated heterocycles. The second-order valence-corrected chi connectivity index (χ2v) is 3.05. The summed E-state index contributed by atoms with van der Waals surface area (Å²) < 4.78 is 0. The number of nitrogens with zero attached hydrogens (tertiary/aromatic N) is 1. The van der Waals surface area contributed by atoms with E-state index in [0.717, 1.165) is 4.90 Å². The summed E-state index contributed by atoms with van der Waals surface area (Å²) in [6.45, 7) is 5.41. The molecule has 1 rings (SSSR count). The maximum atomic E-state index is 11.5. The smallest absolute Gasteiger partial charge is 0.326 e. The first kappa shape index (κ1) is 11.2. The van der Waals surface area contributed by atoms with Crippen LogP contribution < -0.4 is 10.6 Å². The van der Waals surface area contributed by atoms with Crippen molar-refractivity contribution < 1.29 is 9.59 Å². The van der Waals surface area contributed by atoms with Gasteiger partial charge >= 0.3 is 6.03 Å². The summed E-state index contributed by atoms with van der Waals surface area (Å²) >= 11 is 0. The van der Waals surface area contributed by atoms with E-state index in [2.05, 4.69) is 6.92 Å². The van der Waals surface area contributed by atoms with Gasteiger partial charge in [-0.2, -0.15) is 0 Å². The van der Waals surface area contributed by atoms with E-state index in [0.29, 0.717) is 11.3 Å². The van der Waals surface area contributed by atoms with Crippen LogP contribution in [-0.2, 0) is 4.79 Å². The second kappa shape index (κ2) is 4.59. The molecule has 4 nitrogen and oxygen atoms in total. The highest BCUT2D eigenvalue weighted by Gasteiger charge is 2.20. The fraction of sp³-hybridized carbons (Fsp3) is 0.182. The van der Waals surface area contributed by atoms with Gasteiger partial charge in [-0.25, -0.2) is 9.69 Å². The number of hydrogen-bond acceptors (Lipinski definition) is 2. The van der Waals surface area contributed by atoms with Crippen LogP contribution in [-0.4, -0.2) is 11.9 Å². The summed E-state index contributed by atoms with van der Waals surface area (Å²) in [7, 11) is 0. The number of imide groups is 1. The van der Waals surface area contributed by atoms with E-state index < -0.39 is 6.03 Å². The normalized spacial score (nSPS) is 9.73. The summed E-state index contributed by atoms with van der Waals surface area (Å²) in [5.74, 6) is -0.335. The van der Waals surface area contributed by atoms with Gasteiger partial charge in [0.15, 0.2) is 0 Å². The zero-order chi connectivity index (χ0) is 11.4. The highest BCUT2D eigenvalue weighted by atomic mass is 16.2. The van der Waals surface area contributed by atoms with Crippen LogP contribution in [0.5, 0.6) is 0 Å². The number of carbonyl (C=O) groups is 2. The maximum Gasteiger partial charge on any atom is 0.326 e. The molecule has 0 heterocycles. The molecule has 0 atom stereocenters. The van der Waals surface area contributed by atoms with Gasteiger partial charge in [0.25, 0.3) is 0 Å². The molecular formula is C11H13N2O2. The lowest BCUT2D eigenvalue weighted by Gasteiger charge is -2.19. The Morgan fingerprint density at radius 3 is 2.47 bits per heavy atom. The molecule has 0 aliphatic rings. The van der Waals surface area contributed by atoms with Crippen LogP contribution in [0.2, 0.25) is 0 Å². The molecule has 4 heteroatoms. The third kappa shape index (κ3) is 2.34. The molecule has 1 radical (unpaired) electrons. The molecule has 0 fully saturated rings. The van der Waals surface area contributed by atoms with Crippen molar-refractivity contribution in [1.29, 1.82) is 0 Å². The number of primary amides is 1. The lowest BCUT2D eigenvalue weighted by atomic mass is 10.2. The molecule has 2 N–H and O–H groups in total. The summed E-state index contributed by atoms with van der Waals surface area (Å²) in [6, 6.07) is 6.08. The molecule has 0 aliphatic carbocycles. The van der Waals surface area contributed by atoms with E-state index in [-0.39, 0.29) is 12.3 Å². The Bertz CT molecular complexity index is 388. The Hall–Kier alpha value is -1.84. The van der Waals surface area contributed by atoms with Crippen LogP contribution in [0.4, 0.5) is 10.5 Å². The Balaban J connectivity index is 3.16. The van der Waals surface area contributed by atoms with E-state index in [4.69, 9.17) is 5.73 Å². The topological polar surface area (TPSA) is 63.4 Å². The monoisotopic (exact) mass is 205 g/mol. The van der Waals surface area contributed by atoms with E-state index in [1.165, 1.54) is 0 Å². The number of benzene rings is 1. The second-order valence-electron chi connectivity index (χ2n) is 3.05. The molecular weight excluding hydrogens is 192 g/mol. The zero-order valence-electron chi connectivity index (χ0n) is 8.56. The number of anilines is 1. The summed E-state index contributed by atoms with van der Waals surface area (Å²) in [5, 5.41) is 0. The quantitative estimate of drug-likeness (QED) is 0.798. The van der Waals surface area contributed by atoms with Crippen LogP contribution in [0, 0.1) is 6.92 Å². The molecule has 79 valence electrons. The minimum absolute atomic E-state index is 0.220. The molecule has 15 heavy (non-hydrogen) atoms. The van der Waals surface area contributed by atoms with E-state index in [1.54, 1.807) is 31.2 Å². The summed E-state index contributed by atoms with van der Waals surface area (Å²) in [5.41, 5.74) is 6.19. The molecule has 0 unspecified atom stereocenters. The van der Waals surface area contributed by atoms with Gasteiger partial charge in [0, 0.05) is 6.42 Å². The molecule has 0 bridgehead atoms. The first-order chi connectivity index (χ1) is 7.07.